The van der Waals surface area contributed by atoms with Crippen LogP contribution in [0.3, 0.4) is 0 Å². The maximum absolute atomic E-state index is 14.6. The fraction of sp³-hybridized carbons (Fsp3) is 0.429. The van der Waals surface area contributed by atoms with Gasteiger partial charge in [0.05, 0.1) is 39.1 Å². The molecule has 7 rings (SSSR count). The number of nitriles is 1. The van der Waals surface area contributed by atoms with E-state index in [2.05, 4.69) is 15.1 Å². The van der Waals surface area contributed by atoms with Crippen molar-refractivity contribution in [3.63, 3.8) is 0 Å². The summed E-state index contributed by atoms with van der Waals surface area (Å²) in [6.45, 7) is 0.297. The van der Waals surface area contributed by atoms with Crippen LogP contribution in [0.5, 0.6) is 0 Å². The lowest BCUT2D eigenvalue weighted by Crippen LogP contribution is -2.44. The molecule has 3 saturated carbocycles. The summed E-state index contributed by atoms with van der Waals surface area (Å²) in [6.07, 6.45) is 8.08. The van der Waals surface area contributed by atoms with E-state index in [1.807, 2.05) is 6.07 Å². The first-order chi connectivity index (χ1) is 18.9. The highest BCUT2D eigenvalue weighted by atomic mass is 35.5. The normalized spacial score (nSPS) is 26.3. The number of aliphatic hydroxyl groups is 1. The monoisotopic (exact) mass is 584 g/mol. The second kappa shape index (κ2) is 9.50. The number of benzene rings is 1. The lowest BCUT2D eigenvalue weighted by atomic mass is 9.73. The Labute approximate surface area is 237 Å². The van der Waals surface area contributed by atoms with E-state index < -0.39 is 11.4 Å². The molecule has 3 aliphatic rings. The van der Waals surface area contributed by atoms with E-state index in [0.717, 1.165) is 37.0 Å². The Morgan fingerprint density at radius 1 is 1.15 bits per heavy atom. The van der Waals surface area contributed by atoms with Gasteiger partial charge in [-0.2, -0.15) is 5.26 Å². The maximum Gasteiger partial charge on any atom is 0.151 e. The third-order valence-electron chi connectivity index (χ3n) is 8.44. The molecule has 0 aliphatic heterocycles. The number of rotatable bonds is 6. The van der Waals surface area contributed by atoms with Crippen LogP contribution in [-0.4, -0.2) is 26.3 Å². The second-order valence-electron chi connectivity index (χ2n) is 10.8. The van der Waals surface area contributed by atoms with Gasteiger partial charge in [0.15, 0.2) is 5.82 Å². The van der Waals surface area contributed by atoms with Crippen LogP contribution < -0.4 is 0 Å². The van der Waals surface area contributed by atoms with Gasteiger partial charge in [-0.1, -0.05) is 28.4 Å². The van der Waals surface area contributed by atoms with Crippen molar-refractivity contribution in [3.8, 4) is 17.3 Å². The van der Waals surface area contributed by atoms with Crippen LogP contribution in [0.4, 0.5) is 4.39 Å². The highest BCUT2D eigenvalue weighted by Crippen LogP contribution is 2.57. The molecule has 0 saturated heterocycles. The second-order valence-corrected chi connectivity index (χ2v) is 12.6. The van der Waals surface area contributed by atoms with E-state index in [0.29, 0.717) is 56.4 Å². The van der Waals surface area contributed by atoms with Crippen LogP contribution in [0.1, 0.15) is 66.3 Å². The molecule has 4 aromatic rings. The molecular weight excluding hydrogens is 562 g/mol. The molecule has 2 unspecified atom stereocenters. The summed E-state index contributed by atoms with van der Waals surface area (Å²) in [7, 11) is 0. The largest absolute Gasteiger partial charge is 0.382 e. The molecule has 2 bridgehead atoms. The van der Waals surface area contributed by atoms with Gasteiger partial charge < -0.3 is 14.4 Å². The van der Waals surface area contributed by atoms with Gasteiger partial charge in [-0.05, 0) is 62.5 Å². The Bertz CT molecular complexity index is 1610. The molecule has 3 heterocycles. The first kappa shape index (κ1) is 25.4. The maximum atomic E-state index is 14.6. The van der Waals surface area contributed by atoms with E-state index in [4.69, 9.17) is 32.5 Å². The molecule has 1 N–H and O–H groups in total. The van der Waals surface area contributed by atoms with E-state index in [1.54, 1.807) is 6.07 Å². The zero-order chi connectivity index (χ0) is 26.9. The Morgan fingerprint density at radius 3 is 2.54 bits per heavy atom. The molecule has 1 aromatic carbocycles. The number of nitrogens with zero attached hydrogens (tertiary/aromatic N) is 4. The quantitative estimate of drug-likeness (QED) is 0.257. The van der Waals surface area contributed by atoms with Crippen LogP contribution >= 0.6 is 34.5 Å². The van der Waals surface area contributed by atoms with Crippen LogP contribution in [-0.2, 0) is 16.9 Å². The molecular formula is C28H23Cl2FN4O3S. The van der Waals surface area contributed by atoms with Gasteiger partial charge in [0.2, 0.25) is 0 Å². The third kappa shape index (κ3) is 4.16. The highest BCUT2D eigenvalue weighted by molar-refractivity contribution is 7.18. The molecule has 0 amide bonds. The SMILES string of the molecule is N#Cc1cc(F)c2nc(C3(O)C4CCC3CC(OCc3c(-c5c(Cl)cncc5Cl)noc3C3CC3)C4)sc2c1. The number of hydrogen-bond acceptors (Lipinski definition) is 8. The zero-order valence-corrected chi connectivity index (χ0v) is 23.0. The molecule has 3 aromatic heterocycles. The summed E-state index contributed by atoms with van der Waals surface area (Å²) in [6, 6.07) is 4.81. The van der Waals surface area contributed by atoms with Gasteiger partial charge in [0, 0.05) is 29.4 Å². The predicted molar refractivity (Wildman–Crippen MR) is 144 cm³/mol. The number of hydrogen-bond donors (Lipinski definition) is 1. The zero-order valence-electron chi connectivity index (χ0n) is 20.7. The average Bonchev–Trinajstić information content (AvgIpc) is 3.49. The van der Waals surface area contributed by atoms with E-state index >= 15 is 0 Å². The molecule has 2 atom stereocenters. The van der Waals surface area contributed by atoms with Crippen molar-refractivity contribution in [2.45, 2.75) is 62.8 Å². The van der Waals surface area contributed by atoms with Crippen molar-refractivity contribution in [3.05, 3.63) is 62.3 Å². The fourth-order valence-corrected chi connectivity index (χ4v) is 8.19. The Balaban J connectivity index is 1.14. The van der Waals surface area contributed by atoms with Crippen molar-refractivity contribution in [2.75, 3.05) is 0 Å². The molecule has 3 fully saturated rings. The number of ether oxygens (including phenoxy) is 1. The van der Waals surface area contributed by atoms with Gasteiger partial charge in [-0.25, -0.2) is 9.37 Å². The van der Waals surface area contributed by atoms with Crippen LogP contribution in [0.25, 0.3) is 21.5 Å². The van der Waals surface area contributed by atoms with Crippen molar-refractivity contribution >= 4 is 44.8 Å². The number of aromatic nitrogens is 3. The Morgan fingerprint density at radius 2 is 1.87 bits per heavy atom. The summed E-state index contributed by atoms with van der Waals surface area (Å²) < 4.78 is 27.4. The summed E-state index contributed by atoms with van der Waals surface area (Å²) in [5.41, 5.74) is 1.34. The van der Waals surface area contributed by atoms with Crippen molar-refractivity contribution in [1.82, 2.24) is 15.1 Å². The molecule has 200 valence electrons. The average molecular weight is 585 g/mol. The van der Waals surface area contributed by atoms with E-state index in [-0.39, 0.29) is 29.0 Å². The third-order valence-corrected chi connectivity index (χ3v) is 10.2. The summed E-state index contributed by atoms with van der Waals surface area (Å²) in [5, 5.41) is 26.8. The minimum Gasteiger partial charge on any atom is -0.382 e. The minimum absolute atomic E-state index is 0.0609. The molecule has 0 radical (unpaired) electrons. The number of halogens is 3. The van der Waals surface area contributed by atoms with Gasteiger partial charge in [0.1, 0.15) is 27.6 Å². The molecule has 0 spiro atoms. The molecule has 39 heavy (non-hydrogen) atoms. The van der Waals surface area contributed by atoms with Crippen molar-refractivity contribution in [2.24, 2.45) is 11.8 Å². The minimum atomic E-state index is -1.14. The van der Waals surface area contributed by atoms with Crippen LogP contribution in [0.2, 0.25) is 10.0 Å². The van der Waals surface area contributed by atoms with Crippen molar-refractivity contribution < 1.29 is 18.8 Å². The first-order valence-electron chi connectivity index (χ1n) is 13.0. The lowest BCUT2D eigenvalue weighted by Gasteiger charge is -2.41. The molecule has 7 nitrogen and oxygen atoms in total. The lowest BCUT2D eigenvalue weighted by molar-refractivity contribution is -0.116. The summed E-state index contributed by atoms with van der Waals surface area (Å²) in [4.78, 5) is 8.57. The number of thiazole rings is 1. The topological polar surface area (TPSA) is 105 Å². The van der Waals surface area contributed by atoms with E-state index in [9.17, 15) is 14.8 Å². The fourth-order valence-electron chi connectivity index (χ4n) is 6.37. The predicted octanol–water partition coefficient (Wildman–Crippen LogP) is 7.13. The number of pyridine rings is 1. The van der Waals surface area contributed by atoms with E-state index in [1.165, 1.54) is 29.8 Å². The van der Waals surface area contributed by atoms with Crippen molar-refractivity contribution in [1.29, 1.82) is 5.26 Å². The van der Waals surface area contributed by atoms with Gasteiger partial charge in [-0.15, -0.1) is 11.3 Å². The summed E-state index contributed by atoms with van der Waals surface area (Å²) in [5.74, 6) is 0.476. The van der Waals surface area contributed by atoms with Gasteiger partial charge in [0.25, 0.3) is 0 Å². The van der Waals surface area contributed by atoms with Crippen LogP contribution in [0, 0.1) is 29.0 Å². The Hall–Kier alpha value is -2.61. The number of fused-ring (bicyclic) bond motifs is 3. The summed E-state index contributed by atoms with van der Waals surface area (Å²) >= 11 is 14.2. The van der Waals surface area contributed by atoms with Gasteiger partial charge >= 0.3 is 0 Å². The Kier molecular flexibility index (Phi) is 6.18. The standard InChI is InChI=1S/C28H23Cl2FN4O3S/c29-19-10-33-11-20(30)23(19)24-18(26(38-35-24)14-1-2-14)12-37-17-7-15-3-4-16(8-17)28(15,36)27-34-25-21(31)5-13(9-32)6-22(25)39-27/h5-6,10-11,14-17,36H,1-4,7-8,12H2. The highest BCUT2D eigenvalue weighted by Gasteiger charge is 2.56. The molecule has 11 heteroatoms. The molecule has 3 aliphatic carbocycles. The van der Waals surface area contributed by atoms with Gasteiger partial charge in [-0.3, -0.25) is 4.98 Å². The van der Waals surface area contributed by atoms with Crippen LogP contribution in [0.15, 0.2) is 29.0 Å². The smallest absolute Gasteiger partial charge is 0.151 e. The first-order valence-corrected chi connectivity index (χ1v) is 14.6.